The number of nitrogens with zero attached hydrogens (tertiary/aromatic N) is 4. The predicted octanol–water partition coefficient (Wildman–Crippen LogP) is 24.1. The van der Waals surface area contributed by atoms with Gasteiger partial charge in [0, 0.05) is 75.8 Å². The number of nitriles is 1. The van der Waals surface area contributed by atoms with Crippen molar-refractivity contribution in [3.63, 3.8) is 0 Å². The summed E-state index contributed by atoms with van der Waals surface area (Å²) in [6, 6.07) is 87.0. The molecule has 0 N–H and O–H groups in total. The molecule has 0 amide bonds. The molecule has 0 radical (unpaired) electrons. The van der Waals surface area contributed by atoms with Crippen molar-refractivity contribution in [2.24, 2.45) is 0 Å². The molecule has 14 heteroatoms. The number of para-hydroxylation sites is 2. The van der Waals surface area contributed by atoms with Gasteiger partial charge in [0.25, 0.3) is 6.71 Å². The van der Waals surface area contributed by atoms with E-state index in [2.05, 4.69) is 159 Å². The topological polar surface area (TPSA) is 46.6 Å². The Bertz CT molecular complexity index is 5570. The second-order valence-electron chi connectivity index (χ2n) is 28.0. The molecule has 0 spiro atoms. The number of rotatable bonds is 10. The van der Waals surface area contributed by atoms with Crippen LogP contribution in [0, 0.1) is 11.3 Å². The Morgan fingerprint density at radius 3 is 1.69 bits per heavy atom. The van der Waals surface area contributed by atoms with E-state index in [1.807, 2.05) is 122 Å². The number of hydrogen-bond acceptors (Lipinski definition) is 6. The summed E-state index contributed by atoms with van der Waals surface area (Å²) in [5.41, 5.74) is 14.1. The highest BCUT2D eigenvalue weighted by Gasteiger charge is 2.48. The van der Waals surface area contributed by atoms with Gasteiger partial charge in [-0.3, -0.25) is 0 Å². The summed E-state index contributed by atoms with van der Waals surface area (Å²) in [4.78, 5) is 7.72. The zero-order chi connectivity index (χ0) is 69.4. The molecule has 0 fully saturated rings. The molecule has 2 aliphatic rings. The van der Waals surface area contributed by atoms with Gasteiger partial charge in [0.05, 0.1) is 39.8 Å². The van der Waals surface area contributed by atoms with E-state index in [4.69, 9.17) is 4.42 Å². The minimum absolute atomic E-state index is 0.157. The van der Waals surface area contributed by atoms with E-state index in [0.29, 0.717) is 44.3 Å². The first-order chi connectivity index (χ1) is 47.9. The van der Waals surface area contributed by atoms with Gasteiger partial charge in [0.1, 0.15) is 11.2 Å². The summed E-state index contributed by atoms with van der Waals surface area (Å²) in [5, 5.41) is 13.6. The van der Waals surface area contributed by atoms with Crippen molar-refractivity contribution in [3.05, 3.63) is 295 Å². The molecule has 0 atom stereocenters. The van der Waals surface area contributed by atoms with Gasteiger partial charge >= 0.3 is 12.4 Å². The molecule has 492 valence electrons. The van der Waals surface area contributed by atoms with Crippen molar-refractivity contribution in [2.75, 3.05) is 21.0 Å². The van der Waals surface area contributed by atoms with Crippen LogP contribution in [0.1, 0.15) is 69.4 Å². The summed E-state index contributed by atoms with van der Waals surface area (Å²) < 4.78 is 101. The Hall–Kier alpha value is -10.7. The van der Waals surface area contributed by atoms with Crippen LogP contribution >= 0.6 is 21.4 Å². The maximum Gasteiger partial charge on any atom is 0.416 e. The monoisotopic (exact) mass is 1360 g/mol. The lowest BCUT2D eigenvalue weighted by Crippen LogP contribution is -2.60. The molecule has 16 rings (SSSR count). The van der Waals surface area contributed by atoms with Crippen LogP contribution in [0.2, 0.25) is 0 Å². The zero-order valence-corrected chi connectivity index (χ0v) is 57.4. The third kappa shape index (κ3) is 10.8. The third-order valence-corrected chi connectivity index (χ3v) is 24.6. The van der Waals surface area contributed by atoms with Crippen LogP contribution in [0.5, 0.6) is 0 Å². The van der Waals surface area contributed by atoms with Gasteiger partial charge in [-0.15, -0.1) is 11.3 Å². The smallest absolute Gasteiger partial charge is 0.416 e. The summed E-state index contributed by atoms with van der Waals surface area (Å²) >= 11 is 1.72. The van der Waals surface area contributed by atoms with Crippen molar-refractivity contribution < 1.29 is 30.8 Å². The van der Waals surface area contributed by atoms with Crippen molar-refractivity contribution in [1.82, 2.24) is 0 Å². The first-order valence-electron chi connectivity index (χ1n) is 33.1. The lowest BCUT2D eigenvalue weighted by atomic mass is 9.36. The van der Waals surface area contributed by atoms with Gasteiger partial charge in [-0.25, -0.2) is 0 Å². The first kappa shape index (κ1) is 64.0. The van der Waals surface area contributed by atoms with E-state index in [-0.39, 0.29) is 20.6 Å². The van der Waals surface area contributed by atoms with Crippen LogP contribution in [0.15, 0.2) is 286 Å². The highest BCUT2D eigenvalue weighted by Crippen LogP contribution is 2.68. The quantitative estimate of drug-likeness (QED) is 0.101. The number of hydrogen-bond donors (Lipinski definition) is 0. The molecule has 12 aromatic carbocycles. The molecular formula is C86H65BF6N4OS2. The maximum absolute atomic E-state index is 15.4. The van der Waals surface area contributed by atoms with Crippen LogP contribution in [0.3, 0.4) is 0 Å². The summed E-state index contributed by atoms with van der Waals surface area (Å²) in [6.45, 7) is 12.6. The van der Waals surface area contributed by atoms with E-state index in [0.717, 1.165) is 123 Å². The molecule has 2 aromatic heterocycles. The van der Waals surface area contributed by atoms with E-state index in [9.17, 15) is 5.26 Å². The van der Waals surface area contributed by atoms with E-state index >= 15 is 26.3 Å². The standard InChI is InChI=1S/C86H65BF6N4OS2/c1-83(2,3)56-33-36-60(37-34-56)95(72-30-16-14-28-66(72)54-20-10-8-11-21-54)62-38-40-71-74(49-62)97(73-41-32-53(52-94)44-68(73)55-22-12-9-13-23-55)76-51-65(100(7,63-26-18-24-58(45-63)85(88,89)90)64-27-19-25-59(46-64)86(91,92)93)50-75-80(76)87(71)82-81(70-47-57(84(4,5)6)35-43-79(70)99-82)96(75)61-39-42-78-69(48-61)67-29-15-17-31-77(67)98-78/h8-51H,1-7H3. The minimum Gasteiger partial charge on any atom is -0.456 e. The second kappa shape index (κ2) is 23.8. The Kier molecular flexibility index (Phi) is 15.2. The van der Waals surface area contributed by atoms with Gasteiger partial charge in [-0.1, -0.05) is 175 Å². The maximum atomic E-state index is 15.4. The Morgan fingerprint density at radius 1 is 0.450 bits per heavy atom. The number of halogens is 6. The van der Waals surface area contributed by atoms with Gasteiger partial charge in [0.15, 0.2) is 0 Å². The van der Waals surface area contributed by atoms with E-state index in [1.165, 1.54) is 12.1 Å². The molecule has 0 saturated heterocycles. The molecular weight excluding hydrogens is 1290 g/mol. The number of benzene rings is 12. The number of thiophene rings is 1. The molecule has 2 aliphatic heterocycles. The van der Waals surface area contributed by atoms with Crippen LogP contribution in [0.25, 0.3) is 54.3 Å². The van der Waals surface area contributed by atoms with Crippen molar-refractivity contribution in [2.45, 2.75) is 79.4 Å². The average molecular weight is 1360 g/mol. The lowest BCUT2D eigenvalue weighted by molar-refractivity contribution is -0.138. The molecule has 0 saturated carbocycles. The normalized spacial score (nSPS) is 13.3. The Labute approximate surface area is 582 Å². The second-order valence-corrected chi connectivity index (χ2v) is 32.3. The van der Waals surface area contributed by atoms with Crippen molar-refractivity contribution in [1.29, 1.82) is 5.26 Å². The Balaban J connectivity index is 1.08. The van der Waals surface area contributed by atoms with Crippen LogP contribution < -0.4 is 30.4 Å². The van der Waals surface area contributed by atoms with Gasteiger partial charge < -0.3 is 19.1 Å². The van der Waals surface area contributed by atoms with Crippen molar-refractivity contribution >= 4 is 127 Å². The fourth-order valence-electron chi connectivity index (χ4n) is 14.6. The largest absolute Gasteiger partial charge is 0.456 e. The molecule has 0 bridgehead atoms. The van der Waals surface area contributed by atoms with E-state index < -0.39 is 40.2 Å². The number of furan rings is 1. The third-order valence-electron chi connectivity index (χ3n) is 19.8. The van der Waals surface area contributed by atoms with Crippen molar-refractivity contribution in [3.8, 4) is 28.3 Å². The van der Waals surface area contributed by atoms with Gasteiger partial charge in [-0.2, -0.15) is 41.6 Å². The molecule has 0 aliphatic carbocycles. The fraction of sp³-hybridized carbons (Fsp3) is 0.128. The molecule has 4 heterocycles. The minimum atomic E-state index is -4.81. The summed E-state index contributed by atoms with van der Waals surface area (Å²) in [7, 11) is -3.20. The Morgan fingerprint density at radius 2 is 1.04 bits per heavy atom. The zero-order valence-electron chi connectivity index (χ0n) is 55.8. The molecule has 5 nitrogen and oxygen atoms in total. The lowest BCUT2D eigenvalue weighted by Gasteiger charge is -2.46. The number of fused-ring (bicyclic) bond motifs is 9. The van der Waals surface area contributed by atoms with Crippen LogP contribution in [0.4, 0.5) is 77.5 Å². The highest BCUT2D eigenvalue weighted by molar-refractivity contribution is 8.33. The summed E-state index contributed by atoms with van der Waals surface area (Å²) in [5.74, 6) is 0. The summed E-state index contributed by atoms with van der Waals surface area (Å²) in [6.07, 6.45) is -7.79. The van der Waals surface area contributed by atoms with Crippen LogP contribution in [-0.2, 0) is 23.2 Å². The predicted molar refractivity (Wildman–Crippen MR) is 402 cm³/mol. The highest BCUT2D eigenvalue weighted by atomic mass is 32.3. The fourth-order valence-corrected chi connectivity index (χ4v) is 18.9. The SMILES string of the molecule is CC(C)(C)c1ccc(N(c2ccc3c(c2)N(c2ccc(C#N)cc2-c2ccccc2)c2cc(S(C)(c4cccc(C(F)(F)F)c4)c4cccc(C(F)(F)F)c4)cc4c2B3c2sc3ccc(C(C)(C)C)cc3c2N4c2ccc3oc4ccccc4c3c2)c2ccccc2-c2ccccc2)cc1. The molecule has 0 unspecified atom stereocenters. The average Bonchev–Trinajstić information content (AvgIpc) is 1.21. The molecule has 100 heavy (non-hydrogen) atoms. The van der Waals surface area contributed by atoms with Gasteiger partial charge in [0.2, 0.25) is 0 Å². The molecule has 14 aromatic rings. The van der Waals surface area contributed by atoms with E-state index in [1.54, 1.807) is 29.5 Å². The number of anilines is 9. The first-order valence-corrected chi connectivity index (χ1v) is 36.0. The van der Waals surface area contributed by atoms with Crippen LogP contribution in [-0.4, -0.2) is 13.0 Å². The number of alkyl halides is 6. The van der Waals surface area contributed by atoms with Gasteiger partial charge in [-0.05, 0) is 194 Å².